The molecule has 22 heavy (non-hydrogen) atoms. The standard InChI is InChI=1S/C16H12BrN3OS/c17-13-6-4-5-12(9-13)10-18-16-20-19-15(22-16)11-21-14-7-2-1-3-8-14/h1-10H,11H2. The highest BCUT2D eigenvalue weighted by Gasteiger charge is 2.03. The first kappa shape index (κ1) is 14.9. The summed E-state index contributed by atoms with van der Waals surface area (Å²) in [4.78, 5) is 4.34. The second-order valence-electron chi connectivity index (χ2n) is 4.39. The third-order valence-corrected chi connectivity index (χ3v) is 4.03. The van der Waals surface area contributed by atoms with Crippen molar-refractivity contribution >= 4 is 38.6 Å². The van der Waals surface area contributed by atoms with Crippen molar-refractivity contribution in [1.29, 1.82) is 0 Å². The number of halogens is 1. The van der Waals surface area contributed by atoms with Gasteiger partial charge >= 0.3 is 0 Å². The first-order valence-corrected chi connectivity index (χ1v) is 8.20. The van der Waals surface area contributed by atoms with Crippen LogP contribution in [-0.2, 0) is 6.61 Å². The van der Waals surface area contributed by atoms with Crippen LogP contribution in [0, 0.1) is 0 Å². The molecule has 3 rings (SSSR count). The van der Waals surface area contributed by atoms with Crippen molar-refractivity contribution in [3.8, 4) is 5.75 Å². The normalized spacial score (nSPS) is 11.0. The highest BCUT2D eigenvalue weighted by atomic mass is 79.9. The number of ether oxygens (including phenoxy) is 1. The molecular weight excluding hydrogens is 362 g/mol. The van der Waals surface area contributed by atoms with Gasteiger partial charge in [0.05, 0.1) is 0 Å². The van der Waals surface area contributed by atoms with Gasteiger partial charge in [-0.15, -0.1) is 10.2 Å². The highest BCUT2D eigenvalue weighted by molar-refractivity contribution is 9.10. The lowest BCUT2D eigenvalue weighted by molar-refractivity contribution is 0.304. The molecule has 0 aliphatic carbocycles. The Labute approximate surface area is 140 Å². The Morgan fingerprint density at radius 1 is 1.09 bits per heavy atom. The van der Waals surface area contributed by atoms with Gasteiger partial charge in [-0.3, -0.25) is 0 Å². The van der Waals surface area contributed by atoms with Crippen LogP contribution >= 0.6 is 27.3 Å². The fourth-order valence-corrected chi connectivity index (χ4v) is 2.75. The minimum absolute atomic E-state index is 0.397. The van der Waals surface area contributed by atoms with E-state index < -0.39 is 0 Å². The van der Waals surface area contributed by atoms with E-state index in [2.05, 4.69) is 31.1 Å². The second kappa shape index (κ2) is 7.29. The fraction of sp³-hybridized carbons (Fsp3) is 0.0625. The van der Waals surface area contributed by atoms with Crippen LogP contribution in [0.1, 0.15) is 10.6 Å². The molecule has 0 saturated carbocycles. The van der Waals surface area contributed by atoms with Crippen molar-refractivity contribution in [1.82, 2.24) is 10.2 Å². The Morgan fingerprint density at radius 2 is 1.95 bits per heavy atom. The summed E-state index contributed by atoms with van der Waals surface area (Å²) in [6.45, 7) is 0.397. The molecule has 0 amide bonds. The van der Waals surface area contributed by atoms with E-state index in [0.29, 0.717) is 11.7 Å². The highest BCUT2D eigenvalue weighted by Crippen LogP contribution is 2.20. The molecule has 110 valence electrons. The van der Waals surface area contributed by atoms with Crippen LogP contribution < -0.4 is 4.74 Å². The van der Waals surface area contributed by atoms with Crippen LogP contribution in [-0.4, -0.2) is 16.4 Å². The number of aromatic nitrogens is 2. The van der Waals surface area contributed by atoms with Crippen LogP contribution in [0.4, 0.5) is 5.13 Å². The molecule has 0 aliphatic rings. The van der Waals surface area contributed by atoms with Crippen molar-refractivity contribution in [3.63, 3.8) is 0 Å². The molecule has 0 spiro atoms. The van der Waals surface area contributed by atoms with Crippen LogP contribution in [0.3, 0.4) is 0 Å². The Hall–Kier alpha value is -2.05. The van der Waals surface area contributed by atoms with Crippen molar-refractivity contribution in [2.45, 2.75) is 6.61 Å². The first-order chi connectivity index (χ1) is 10.8. The summed E-state index contributed by atoms with van der Waals surface area (Å²) in [5.74, 6) is 0.817. The fourth-order valence-electron chi connectivity index (χ4n) is 1.73. The molecule has 0 unspecified atom stereocenters. The quantitative estimate of drug-likeness (QED) is 0.612. The Morgan fingerprint density at radius 3 is 2.77 bits per heavy atom. The lowest BCUT2D eigenvalue weighted by atomic mass is 10.2. The molecule has 1 aromatic heterocycles. The van der Waals surface area contributed by atoms with Gasteiger partial charge in [0.15, 0.2) is 5.01 Å². The molecule has 2 aromatic carbocycles. The van der Waals surface area contributed by atoms with Gasteiger partial charge in [0.1, 0.15) is 12.4 Å². The van der Waals surface area contributed by atoms with E-state index in [1.165, 1.54) is 11.3 Å². The molecule has 0 aliphatic heterocycles. The zero-order chi connectivity index (χ0) is 15.2. The number of nitrogens with zero attached hydrogens (tertiary/aromatic N) is 3. The summed E-state index contributed by atoms with van der Waals surface area (Å²) >= 11 is 4.85. The van der Waals surface area contributed by atoms with Gasteiger partial charge in [-0.05, 0) is 29.8 Å². The van der Waals surface area contributed by atoms with Gasteiger partial charge in [0.25, 0.3) is 0 Å². The molecular formula is C16H12BrN3OS. The van der Waals surface area contributed by atoms with Crippen molar-refractivity contribution in [3.05, 3.63) is 69.6 Å². The maximum Gasteiger partial charge on any atom is 0.231 e. The van der Waals surface area contributed by atoms with Gasteiger partial charge in [-0.25, -0.2) is 4.99 Å². The smallest absolute Gasteiger partial charge is 0.231 e. The maximum atomic E-state index is 5.63. The molecule has 6 heteroatoms. The molecule has 4 nitrogen and oxygen atoms in total. The zero-order valence-electron chi connectivity index (χ0n) is 11.5. The van der Waals surface area contributed by atoms with Crippen LogP contribution in [0.25, 0.3) is 0 Å². The van der Waals surface area contributed by atoms with E-state index >= 15 is 0 Å². The number of rotatable bonds is 5. The SMILES string of the molecule is Brc1cccc(C=Nc2nnc(COc3ccccc3)s2)c1. The van der Waals surface area contributed by atoms with Crippen molar-refractivity contribution in [2.75, 3.05) is 0 Å². The summed E-state index contributed by atoms with van der Waals surface area (Å²) in [6, 6.07) is 17.5. The Bertz CT molecular complexity index is 774. The van der Waals surface area contributed by atoms with Crippen LogP contribution in [0.15, 0.2) is 64.1 Å². The molecule has 3 aromatic rings. The average molecular weight is 374 g/mol. The molecule has 0 fully saturated rings. The number of para-hydroxylation sites is 1. The predicted octanol–water partition coefficient (Wildman–Crippen LogP) is 4.63. The van der Waals surface area contributed by atoms with Gasteiger partial charge in [0, 0.05) is 10.7 Å². The van der Waals surface area contributed by atoms with Crippen LogP contribution in [0.5, 0.6) is 5.75 Å². The van der Waals surface area contributed by atoms with Crippen molar-refractivity contribution < 1.29 is 4.74 Å². The Balaban J connectivity index is 1.61. The number of hydrogen-bond acceptors (Lipinski definition) is 5. The predicted molar refractivity (Wildman–Crippen MR) is 92.1 cm³/mol. The summed E-state index contributed by atoms with van der Waals surface area (Å²) in [6.07, 6.45) is 1.77. The van der Waals surface area contributed by atoms with Gasteiger partial charge in [-0.2, -0.15) is 0 Å². The number of aliphatic imine (C=N–C) groups is 1. The first-order valence-electron chi connectivity index (χ1n) is 6.59. The minimum atomic E-state index is 0.397. The van der Waals surface area contributed by atoms with E-state index in [-0.39, 0.29) is 0 Å². The summed E-state index contributed by atoms with van der Waals surface area (Å²) in [7, 11) is 0. The van der Waals surface area contributed by atoms with Gasteiger partial charge < -0.3 is 4.74 Å². The number of hydrogen-bond donors (Lipinski definition) is 0. The third kappa shape index (κ3) is 4.22. The van der Waals surface area contributed by atoms with Gasteiger partial charge in [0.2, 0.25) is 5.13 Å². The van der Waals surface area contributed by atoms with Crippen LogP contribution in [0.2, 0.25) is 0 Å². The monoisotopic (exact) mass is 373 g/mol. The average Bonchev–Trinajstić information content (AvgIpc) is 3.00. The topological polar surface area (TPSA) is 47.4 Å². The third-order valence-electron chi connectivity index (χ3n) is 2.73. The Kier molecular flexibility index (Phi) is 4.92. The molecule has 0 saturated heterocycles. The summed E-state index contributed by atoms with van der Waals surface area (Å²) < 4.78 is 6.65. The van der Waals surface area contributed by atoms with E-state index in [4.69, 9.17) is 4.74 Å². The molecule has 0 N–H and O–H groups in total. The van der Waals surface area contributed by atoms with E-state index in [1.807, 2.05) is 54.6 Å². The summed E-state index contributed by atoms with van der Waals surface area (Å²) in [5, 5.41) is 9.54. The maximum absolute atomic E-state index is 5.63. The molecule has 0 bridgehead atoms. The van der Waals surface area contributed by atoms with E-state index in [1.54, 1.807) is 6.21 Å². The lowest BCUT2D eigenvalue weighted by Crippen LogP contribution is -1.94. The summed E-state index contributed by atoms with van der Waals surface area (Å²) in [5.41, 5.74) is 1.01. The van der Waals surface area contributed by atoms with E-state index in [9.17, 15) is 0 Å². The largest absolute Gasteiger partial charge is 0.486 e. The minimum Gasteiger partial charge on any atom is -0.486 e. The zero-order valence-corrected chi connectivity index (χ0v) is 13.9. The van der Waals surface area contributed by atoms with Crippen molar-refractivity contribution in [2.24, 2.45) is 4.99 Å². The molecule has 0 radical (unpaired) electrons. The number of benzene rings is 2. The molecule has 0 atom stereocenters. The molecule has 1 heterocycles. The second-order valence-corrected chi connectivity index (χ2v) is 6.35. The van der Waals surface area contributed by atoms with Gasteiger partial charge in [-0.1, -0.05) is 57.6 Å². The lowest BCUT2D eigenvalue weighted by Gasteiger charge is -2.01. The van der Waals surface area contributed by atoms with E-state index in [0.717, 1.165) is 20.8 Å².